The number of aromatic nitrogens is 5. The Bertz CT molecular complexity index is 420. The highest BCUT2D eigenvalue weighted by Crippen LogP contribution is 2.04. The van der Waals surface area contributed by atoms with Crippen LogP contribution in [0.2, 0.25) is 0 Å². The molecule has 0 aliphatic heterocycles. The van der Waals surface area contributed by atoms with E-state index in [2.05, 4.69) is 39.8 Å². The number of tetrazole rings is 1. The Morgan fingerprint density at radius 2 is 2.29 bits per heavy atom. The van der Waals surface area contributed by atoms with Crippen molar-refractivity contribution < 1.29 is 0 Å². The zero-order valence-corrected chi connectivity index (χ0v) is 8.18. The van der Waals surface area contributed by atoms with Gasteiger partial charge in [-0.1, -0.05) is 13.8 Å². The quantitative estimate of drug-likeness (QED) is 0.770. The molecule has 0 saturated carbocycles. The molecule has 0 amide bonds. The molecule has 0 bridgehead atoms. The topological polar surface area (TPSA) is 68.0 Å². The zero-order chi connectivity index (χ0) is 9.97. The van der Waals surface area contributed by atoms with E-state index in [1.807, 2.05) is 12.1 Å². The second-order valence-electron chi connectivity index (χ2n) is 3.52. The zero-order valence-electron chi connectivity index (χ0n) is 8.18. The summed E-state index contributed by atoms with van der Waals surface area (Å²) in [6, 6.07) is 3.70. The molecule has 0 radical (unpaired) electrons. The van der Waals surface area contributed by atoms with Crippen molar-refractivity contribution in [2.75, 3.05) is 11.9 Å². The maximum absolute atomic E-state index is 4.18. The van der Waals surface area contributed by atoms with Gasteiger partial charge >= 0.3 is 0 Å². The van der Waals surface area contributed by atoms with Crippen LogP contribution < -0.4 is 5.32 Å². The second kappa shape index (κ2) is 3.57. The Balaban J connectivity index is 2.17. The largest absolute Gasteiger partial charge is 0.368 e. The molecule has 0 aliphatic carbocycles. The van der Waals surface area contributed by atoms with Crippen LogP contribution in [0.3, 0.4) is 0 Å². The van der Waals surface area contributed by atoms with Gasteiger partial charge in [-0.25, -0.2) is 0 Å². The highest BCUT2D eigenvalue weighted by molar-refractivity contribution is 5.41. The van der Waals surface area contributed by atoms with Gasteiger partial charge in [-0.2, -0.15) is 0 Å². The first-order chi connectivity index (χ1) is 6.75. The predicted octanol–water partition coefficient (Wildman–Crippen LogP) is 0.587. The van der Waals surface area contributed by atoms with Gasteiger partial charge in [0.2, 0.25) is 0 Å². The van der Waals surface area contributed by atoms with Crippen LogP contribution >= 0.6 is 0 Å². The molecule has 14 heavy (non-hydrogen) atoms. The van der Waals surface area contributed by atoms with E-state index in [1.165, 1.54) is 4.63 Å². The Hall–Kier alpha value is -1.72. The summed E-state index contributed by atoms with van der Waals surface area (Å²) in [6.07, 6.45) is 0. The molecule has 2 aromatic heterocycles. The number of hydrogen-bond acceptors (Lipinski definition) is 5. The third-order valence-electron chi connectivity index (χ3n) is 1.76. The standard InChI is InChI=1S/C8H12N6/c1-6(2)5-9-7-3-4-8-10-12-13-14(8)11-7/h3-4,6H,5H2,1-2H3,(H,9,11). The van der Waals surface area contributed by atoms with Gasteiger partial charge in [-0.15, -0.1) is 14.8 Å². The summed E-state index contributed by atoms with van der Waals surface area (Å²) in [7, 11) is 0. The summed E-state index contributed by atoms with van der Waals surface area (Å²) in [5.74, 6) is 1.37. The Labute approximate surface area is 81.3 Å². The van der Waals surface area contributed by atoms with E-state index in [1.54, 1.807) is 0 Å². The summed E-state index contributed by atoms with van der Waals surface area (Å²) in [5.41, 5.74) is 0.653. The van der Waals surface area contributed by atoms with Crippen LogP contribution in [-0.2, 0) is 0 Å². The van der Waals surface area contributed by atoms with Gasteiger partial charge in [0, 0.05) is 6.54 Å². The van der Waals surface area contributed by atoms with Crippen molar-refractivity contribution in [3.63, 3.8) is 0 Å². The van der Waals surface area contributed by atoms with Crippen LogP contribution in [0.4, 0.5) is 5.82 Å². The van der Waals surface area contributed by atoms with E-state index in [-0.39, 0.29) is 0 Å². The molecule has 0 aromatic carbocycles. The molecule has 2 heterocycles. The molecule has 0 saturated heterocycles. The Kier molecular flexibility index (Phi) is 2.26. The summed E-state index contributed by atoms with van der Waals surface area (Å²) < 4.78 is 1.41. The van der Waals surface area contributed by atoms with Gasteiger partial charge in [0.25, 0.3) is 0 Å². The average Bonchev–Trinajstić information content (AvgIpc) is 2.61. The van der Waals surface area contributed by atoms with E-state index >= 15 is 0 Å². The van der Waals surface area contributed by atoms with Gasteiger partial charge in [0.05, 0.1) is 0 Å². The fourth-order valence-corrected chi connectivity index (χ4v) is 1.05. The summed E-state index contributed by atoms with van der Waals surface area (Å²) in [5, 5.41) is 18.4. The summed E-state index contributed by atoms with van der Waals surface area (Å²) >= 11 is 0. The third-order valence-corrected chi connectivity index (χ3v) is 1.76. The van der Waals surface area contributed by atoms with E-state index in [4.69, 9.17) is 0 Å². The van der Waals surface area contributed by atoms with Gasteiger partial charge in [-0.3, -0.25) is 0 Å². The Morgan fingerprint density at radius 1 is 1.43 bits per heavy atom. The molecule has 6 heteroatoms. The molecule has 6 nitrogen and oxygen atoms in total. The van der Waals surface area contributed by atoms with Crippen molar-refractivity contribution in [1.82, 2.24) is 25.3 Å². The molecule has 2 rings (SSSR count). The van der Waals surface area contributed by atoms with Crippen LogP contribution in [0.25, 0.3) is 5.65 Å². The fourth-order valence-electron chi connectivity index (χ4n) is 1.05. The number of hydrogen-bond donors (Lipinski definition) is 1. The third kappa shape index (κ3) is 1.78. The lowest BCUT2D eigenvalue weighted by Gasteiger charge is -2.06. The van der Waals surface area contributed by atoms with E-state index in [9.17, 15) is 0 Å². The van der Waals surface area contributed by atoms with Gasteiger partial charge in [0.1, 0.15) is 5.82 Å². The molecular weight excluding hydrogens is 180 g/mol. The summed E-state index contributed by atoms with van der Waals surface area (Å²) in [4.78, 5) is 0. The first-order valence-electron chi connectivity index (χ1n) is 4.55. The Morgan fingerprint density at radius 3 is 3.07 bits per heavy atom. The number of rotatable bonds is 3. The maximum atomic E-state index is 4.18. The van der Waals surface area contributed by atoms with Crippen LogP contribution in [0.15, 0.2) is 12.1 Å². The molecular formula is C8H12N6. The van der Waals surface area contributed by atoms with E-state index < -0.39 is 0 Å². The van der Waals surface area contributed by atoms with Crippen molar-refractivity contribution in [3.8, 4) is 0 Å². The monoisotopic (exact) mass is 192 g/mol. The van der Waals surface area contributed by atoms with Crippen molar-refractivity contribution in [2.45, 2.75) is 13.8 Å². The summed E-state index contributed by atoms with van der Waals surface area (Å²) in [6.45, 7) is 5.17. The highest BCUT2D eigenvalue weighted by atomic mass is 15.6. The average molecular weight is 192 g/mol. The van der Waals surface area contributed by atoms with Gasteiger partial charge < -0.3 is 5.32 Å². The first kappa shape index (κ1) is 8.86. The SMILES string of the molecule is CC(C)CNc1ccc2nnnn2n1. The van der Waals surface area contributed by atoms with Crippen LogP contribution in [0.5, 0.6) is 0 Å². The van der Waals surface area contributed by atoms with Crippen molar-refractivity contribution >= 4 is 11.5 Å². The lowest BCUT2D eigenvalue weighted by Crippen LogP contribution is -2.10. The normalized spacial score (nSPS) is 11.1. The number of anilines is 1. The first-order valence-corrected chi connectivity index (χ1v) is 4.55. The van der Waals surface area contributed by atoms with Crippen LogP contribution in [0.1, 0.15) is 13.8 Å². The molecule has 1 N–H and O–H groups in total. The second-order valence-corrected chi connectivity index (χ2v) is 3.52. The van der Waals surface area contributed by atoms with Crippen molar-refractivity contribution in [1.29, 1.82) is 0 Å². The number of nitrogens with zero attached hydrogens (tertiary/aromatic N) is 5. The molecule has 0 unspecified atom stereocenters. The smallest absolute Gasteiger partial charge is 0.200 e. The van der Waals surface area contributed by atoms with E-state index in [0.717, 1.165) is 12.4 Å². The maximum Gasteiger partial charge on any atom is 0.200 e. The van der Waals surface area contributed by atoms with Gasteiger partial charge in [-0.05, 0) is 28.5 Å². The lowest BCUT2D eigenvalue weighted by molar-refractivity contribution is 0.678. The minimum atomic E-state index is 0.585. The fraction of sp³-hybridized carbons (Fsp3) is 0.500. The number of fused-ring (bicyclic) bond motifs is 1. The molecule has 0 fully saturated rings. The van der Waals surface area contributed by atoms with Crippen molar-refractivity contribution in [2.24, 2.45) is 5.92 Å². The number of nitrogens with one attached hydrogen (secondary N) is 1. The highest BCUT2D eigenvalue weighted by Gasteiger charge is 2.00. The van der Waals surface area contributed by atoms with E-state index in [0.29, 0.717) is 11.6 Å². The van der Waals surface area contributed by atoms with Crippen LogP contribution in [-0.4, -0.2) is 31.8 Å². The van der Waals surface area contributed by atoms with Gasteiger partial charge in [0.15, 0.2) is 5.65 Å². The molecule has 0 spiro atoms. The van der Waals surface area contributed by atoms with Crippen molar-refractivity contribution in [3.05, 3.63) is 12.1 Å². The molecule has 0 aliphatic rings. The minimum absolute atomic E-state index is 0.585. The molecule has 0 atom stereocenters. The van der Waals surface area contributed by atoms with Crippen LogP contribution in [0, 0.1) is 5.92 Å². The molecule has 74 valence electrons. The minimum Gasteiger partial charge on any atom is -0.368 e. The molecule has 2 aromatic rings. The predicted molar refractivity (Wildman–Crippen MR) is 51.9 cm³/mol. The lowest BCUT2D eigenvalue weighted by atomic mass is 10.2.